The van der Waals surface area contributed by atoms with E-state index in [1.54, 1.807) is 12.1 Å². The summed E-state index contributed by atoms with van der Waals surface area (Å²) in [5.74, 6) is -0.347. The van der Waals surface area contributed by atoms with E-state index in [9.17, 15) is 4.79 Å². The highest BCUT2D eigenvalue weighted by Gasteiger charge is 2.19. The predicted octanol–water partition coefficient (Wildman–Crippen LogP) is 2.49. The Hall–Kier alpha value is -1.54. The van der Waals surface area contributed by atoms with Gasteiger partial charge in [-0.1, -0.05) is 23.5 Å². The van der Waals surface area contributed by atoms with Crippen LogP contribution < -0.4 is 5.32 Å². The standard InChI is InChI=1S/C12H10ClN3O3S/c13-12-16-15-10(20-12)9(17)14-8-3-1-2-7(6-8)11-18-4-5-19-11/h1-3,6,11H,4-5H2,(H,14,17). The van der Waals surface area contributed by atoms with E-state index in [0.717, 1.165) is 16.9 Å². The van der Waals surface area contributed by atoms with Crippen molar-refractivity contribution in [1.82, 2.24) is 10.2 Å². The van der Waals surface area contributed by atoms with Gasteiger partial charge in [0.2, 0.25) is 9.47 Å². The van der Waals surface area contributed by atoms with E-state index in [4.69, 9.17) is 21.1 Å². The molecule has 1 saturated heterocycles. The topological polar surface area (TPSA) is 73.3 Å². The molecule has 8 heteroatoms. The zero-order chi connectivity index (χ0) is 13.9. The molecule has 1 aliphatic heterocycles. The summed E-state index contributed by atoms with van der Waals surface area (Å²) in [5.41, 5.74) is 1.49. The third kappa shape index (κ3) is 2.96. The minimum Gasteiger partial charge on any atom is -0.346 e. The molecule has 1 aromatic carbocycles. The van der Waals surface area contributed by atoms with Crippen molar-refractivity contribution < 1.29 is 14.3 Å². The van der Waals surface area contributed by atoms with Crippen LogP contribution in [0.15, 0.2) is 24.3 Å². The van der Waals surface area contributed by atoms with Crippen molar-refractivity contribution in [3.05, 3.63) is 39.3 Å². The van der Waals surface area contributed by atoms with Crippen LogP contribution in [-0.4, -0.2) is 29.3 Å². The van der Waals surface area contributed by atoms with Crippen LogP contribution in [0, 0.1) is 0 Å². The summed E-state index contributed by atoms with van der Waals surface area (Å²) in [4.78, 5) is 11.9. The monoisotopic (exact) mass is 311 g/mol. The van der Waals surface area contributed by atoms with Gasteiger partial charge in [-0.15, -0.1) is 10.2 Å². The fourth-order valence-corrected chi connectivity index (χ4v) is 2.52. The molecule has 1 aliphatic rings. The summed E-state index contributed by atoms with van der Waals surface area (Å²) >= 11 is 6.68. The molecule has 0 radical (unpaired) electrons. The number of hydrogen-bond acceptors (Lipinski definition) is 6. The highest BCUT2D eigenvalue weighted by atomic mass is 35.5. The number of hydrogen-bond donors (Lipinski definition) is 1. The molecule has 6 nitrogen and oxygen atoms in total. The Morgan fingerprint density at radius 2 is 2.15 bits per heavy atom. The summed E-state index contributed by atoms with van der Waals surface area (Å²) in [6.07, 6.45) is -0.372. The largest absolute Gasteiger partial charge is 0.346 e. The van der Waals surface area contributed by atoms with E-state index >= 15 is 0 Å². The Kier molecular flexibility index (Phi) is 3.93. The van der Waals surface area contributed by atoms with Crippen molar-refractivity contribution in [2.24, 2.45) is 0 Å². The van der Waals surface area contributed by atoms with Gasteiger partial charge in [0.05, 0.1) is 13.2 Å². The third-order valence-electron chi connectivity index (χ3n) is 2.63. The molecule has 2 heterocycles. The van der Waals surface area contributed by atoms with Gasteiger partial charge in [-0.05, 0) is 23.7 Å². The molecule has 1 fully saturated rings. The van der Waals surface area contributed by atoms with Crippen LogP contribution in [-0.2, 0) is 9.47 Å². The summed E-state index contributed by atoms with van der Waals surface area (Å²) in [6.45, 7) is 1.15. The van der Waals surface area contributed by atoms with Gasteiger partial charge < -0.3 is 14.8 Å². The third-order valence-corrected chi connectivity index (χ3v) is 3.65. The number of anilines is 1. The number of benzene rings is 1. The fraction of sp³-hybridized carbons (Fsp3) is 0.250. The molecule has 0 spiro atoms. The Balaban J connectivity index is 1.74. The molecule has 0 saturated carbocycles. The second-order valence-corrected chi connectivity index (χ2v) is 5.57. The molecule has 3 rings (SSSR count). The maximum absolute atomic E-state index is 11.9. The number of nitrogens with one attached hydrogen (secondary N) is 1. The molecule has 104 valence electrons. The molecule has 1 amide bonds. The highest BCUT2D eigenvalue weighted by Crippen LogP contribution is 2.25. The first-order valence-electron chi connectivity index (χ1n) is 5.86. The van der Waals surface area contributed by atoms with E-state index in [1.165, 1.54) is 0 Å². The van der Waals surface area contributed by atoms with E-state index in [2.05, 4.69) is 15.5 Å². The minimum absolute atomic E-state index is 0.216. The average molecular weight is 312 g/mol. The van der Waals surface area contributed by atoms with Crippen molar-refractivity contribution in [2.45, 2.75) is 6.29 Å². The molecule has 2 aromatic rings. The number of nitrogens with zero attached hydrogens (tertiary/aromatic N) is 2. The van der Waals surface area contributed by atoms with Crippen LogP contribution in [0.1, 0.15) is 21.7 Å². The minimum atomic E-state index is -0.372. The number of halogens is 1. The van der Waals surface area contributed by atoms with Gasteiger partial charge in [-0.25, -0.2) is 0 Å². The summed E-state index contributed by atoms with van der Waals surface area (Å²) < 4.78 is 11.1. The van der Waals surface area contributed by atoms with Crippen LogP contribution >= 0.6 is 22.9 Å². The average Bonchev–Trinajstić information content (AvgIpc) is 3.10. The number of rotatable bonds is 3. The molecule has 20 heavy (non-hydrogen) atoms. The molecule has 0 unspecified atom stereocenters. The van der Waals surface area contributed by atoms with Gasteiger partial charge in [-0.3, -0.25) is 4.79 Å². The van der Waals surface area contributed by atoms with Crippen molar-refractivity contribution in [3.63, 3.8) is 0 Å². The molecular formula is C12H10ClN3O3S. The highest BCUT2D eigenvalue weighted by molar-refractivity contribution is 7.17. The molecule has 0 aliphatic carbocycles. The van der Waals surface area contributed by atoms with Crippen LogP contribution in [0.3, 0.4) is 0 Å². The number of aromatic nitrogens is 2. The molecule has 1 N–H and O–H groups in total. The molecule has 0 atom stereocenters. The lowest BCUT2D eigenvalue weighted by atomic mass is 10.2. The number of amides is 1. The van der Waals surface area contributed by atoms with Gasteiger partial charge in [0, 0.05) is 11.3 Å². The lowest BCUT2D eigenvalue weighted by molar-refractivity contribution is -0.0440. The second kappa shape index (κ2) is 5.84. The van der Waals surface area contributed by atoms with Gasteiger partial charge >= 0.3 is 0 Å². The van der Waals surface area contributed by atoms with Crippen LogP contribution in [0.4, 0.5) is 5.69 Å². The van der Waals surface area contributed by atoms with Crippen molar-refractivity contribution >= 4 is 34.5 Å². The Morgan fingerprint density at radius 1 is 1.35 bits per heavy atom. The van der Waals surface area contributed by atoms with Gasteiger partial charge in [0.1, 0.15) is 0 Å². The SMILES string of the molecule is O=C(Nc1cccc(C2OCCO2)c1)c1nnc(Cl)s1. The second-order valence-electron chi connectivity index (χ2n) is 4.01. The zero-order valence-electron chi connectivity index (χ0n) is 10.2. The maximum Gasteiger partial charge on any atom is 0.286 e. The van der Waals surface area contributed by atoms with Crippen LogP contribution in [0.25, 0.3) is 0 Å². The lowest BCUT2D eigenvalue weighted by Gasteiger charge is -2.11. The first-order valence-corrected chi connectivity index (χ1v) is 7.05. The smallest absolute Gasteiger partial charge is 0.286 e. The normalized spacial score (nSPS) is 15.4. The van der Waals surface area contributed by atoms with Crippen LogP contribution in [0.5, 0.6) is 0 Å². The van der Waals surface area contributed by atoms with E-state index in [-0.39, 0.29) is 21.7 Å². The molecule has 0 bridgehead atoms. The van der Waals surface area contributed by atoms with Gasteiger partial charge in [0.25, 0.3) is 5.91 Å². The molecule has 1 aromatic heterocycles. The number of carbonyl (C=O) groups is 1. The van der Waals surface area contributed by atoms with Gasteiger partial charge in [-0.2, -0.15) is 0 Å². The first kappa shape index (κ1) is 13.4. The number of ether oxygens (including phenoxy) is 2. The van der Waals surface area contributed by atoms with Crippen molar-refractivity contribution in [1.29, 1.82) is 0 Å². The van der Waals surface area contributed by atoms with Crippen LogP contribution in [0.2, 0.25) is 4.47 Å². The summed E-state index contributed by atoms with van der Waals surface area (Å²) in [7, 11) is 0. The zero-order valence-corrected chi connectivity index (χ0v) is 11.8. The first-order chi connectivity index (χ1) is 9.72. The van der Waals surface area contributed by atoms with E-state index in [1.807, 2.05) is 12.1 Å². The summed E-state index contributed by atoms with van der Waals surface area (Å²) in [6, 6.07) is 7.28. The Morgan fingerprint density at radius 3 is 2.85 bits per heavy atom. The lowest BCUT2D eigenvalue weighted by Crippen LogP contribution is -2.12. The van der Waals surface area contributed by atoms with Crippen molar-refractivity contribution in [2.75, 3.05) is 18.5 Å². The quantitative estimate of drug-likeness (QED) is 0.942. The fourth-order valence-electron chi connectivity index (χ4n) is 1.80. The number of carbonyl (C=O) groups excluding carboxylic acids is 1. The summed E-state index contributed by atoms with van der Waals surface area (Å²) in [5, 5.41) is 10.2. The van der Waals surface area contributed by atoms with E-state index < -0.39 is 0 Å². The van der Waals surface area contributed by atoms with Crippen molar-refractivity contribution in [3.8, 4) is 0 Å². The van der Waals surface area contributed by atoms with Gasteiger partial charge in [0.15, 0.2) is 6.29 Å². The Bertz CT molecular complexity index is 628. The maximum atomic E-state index is 11.9. The van der Waals surface area contributed by atoms with E-state index in [0.29, 0.717) is 18.9 Å². The predicted molar refractivity (Wildman–Crippen MR) is 74.0 cm³/mol. The Labute approximate surface area is 123 Å². The molecular weight excluding hydrogens is 302 g/mol.